The van der Waals surface area contributed by atoms with E-state index < -0.39 is 17.3 Å². The van der Waals surface area contributed by atoms with Gasteiger partial charge in [-0.1, -0.05) is 19.4 Å². The maximum Gasteiger partial charge on any atom is 0.340 e. The molecular weight excluding hydrogens is 275 g/mol. The molecule has 2 N–H and O–H groups in total. The molecule has 21 heavy (non-hydrogen) atoms. The van der Waals surface area contributed by atoms with Crippen LogP contribution in [0.15, 0.2) is 18.2 Å². The van der Waals surface area contributed by atoms with E-state index in [0.717, 1.165) is 25.3 Å². The van der Waals surface area contributed by atoms with Gasteiger partial charge in [0.1, 0.15) is 11.4 Å². The summed E-state index contributed by atoms with van der Waals surface area (Å²) in [6, 6.07) is 3.46. The molecule has 1 aliphatic rings. The monoisotopic (exact) mass is 294 g/mol. The Bertz CT molecular complexity index is 548. The fourth-order valence-electron chi connectivity index (χ4n) is 2.70. The molecule has 0 radical (unpaired) electrons. The Balaban J connectivity index is 2.07. The molecule has 0 spiro atoms. The fraction of sp³-hybridized carbons (Fsp3) is 0.467. The first kappa shape index (κ1) is 15.3. The number of carboxylic acid groups (broad SMARTS) is 1. The molecule has 1 fully saturated rings. The summed E-state index contributed by atoms with van der Waals surface area (Å²) < 4.78 is 13.5. The van der Waals surface area contributed by atoms with Crippen molar-refractivity contribution in [1.29, 1.82) is 0 Å². The van der Waals surface area contributed by atoms with Gasteiger partial charge in [-0.15, -0.1) is 0 Å². The number of halogens is 1. The van der Waals surface area contributed by atoms with Gasteiger partial charge < -0.3 is 15.3 Å². The molecule has 6 heteroatoms. The number of carboxylic acids is 1. The first-order valence-electron chi connectivity index (χ1n) is 7.10. The maximum absolute atomic E-state index is 13.5. The summed E-state index contributed by atoms with van der Waals surface area (Å²) in [5, 5.41) is 11.5. The lowest BCUT2D eigenvalue weighted by Crippen LogP contribution is -2.33. The molecule has 1 aliphatic heterocycles. The van der Waals surface area contributed by atoms with Crippen LogP contribution in [0.25, 0.3) is 0 Å². The largest absolute Gasteiger partial charge is 0.478 e. The number of aromatic carboxylic acids is 1. The third kappa shape index (κ3) is 3.51. The van der Waals surface area contributed by atoms with Crippen LogP contribution in [-0.2, 0) is 0 Å². The number of nitrogens with one attached hydrogen (secondary N) is 1. The molecule has 0 aliphatic carbocycles. The second kappa shape index (κ2) is 6.56. The van der Waals surface area contributed by atoms with Crippen LogP contribution < -0.4 is 5.32 Å². The summed E-state index contributed by atoms with van der Waals surface area (Å²) in [5.41, 5.74) is -0.512. The smallest absolute Gasteiger partial charge is 0.340 e. The average molecular weight is 294 g/mol. The van der Waals surface area contributed by atoms with E-state index in [9.17, 15) is 14.0 Å². The summed E-state index contributed by atoms with van der Waals surface area (Å²) in [4.78, 5) is 24.9. The van der Waals surface area contributed by atoms with Gasteiger partial charge in [0, 0.05) is 13.1 Å². The van der Waals surface area contributed by atoms with Gasteiger partial charge in [0.05, 0.1) is 5.69 Å². The maximum atomic E-state index is 13.5. The quantitative estimate of drug-likeness (QED) is 0.896. The van der Waals surface area contributed by atoms with Crippen LogP contribution in [0.3, 0.4) is 0 Å². The van der Waals surface area contributed by atoms with Crippen molar-refractivity contribution < 1.29 is 19.1 Å². The Labute approximate surface area is 122 Å². The summed E-state index contributed by atoms with van der Waals surface area (Å²) in [6.07, 6.45) is 3.10. The first-order chi connectivity index (χ1) is 10.0. The molecule has 0 bridgehead atoms. The van der Waals surface area contributed by atoms with E-state index in [-0.39, 0.29) is 11.7 Å². The molecule has 0 aromatic heterocycles. The number of hydrogen-bond acceptors (Lipinski definition) is 2. The van der Waals surface area contributed by atoms with Gasteiger partial charge in [0.25, 0.3) is 0 Å². The minimum Gasteiger partial charge on any atom is -0.478 e. The topological polar surface area (TPSA) is 69.6 Å². The zero-order valence-corrected chi connectivity index (χ0v) is 11.9. The molecule has 1 unspecified atom stereocenters. The van der Waals surface area contributed by atoms with Crippen molar-refractivity contribution in [3.8, 4) is 0 Å². The Hall–Kier alpha value is -2.11. The Morgan fingerprint density at radius 3 is 2.90 bits per heavy atom. The number of carbonyl (C=O) groups is 2. The number of urea groups is 1. The van der Waals surface area contributed by atoms with Gasteiger partial charge in [-0.25, -0.2) is 14.0 Å². The molecule has 2 rings (SSSR count). The lowest BCUT2D eigenvalue weighted by Gasteiger charge is -2.18. The van der Waals surface area contributed by atoms with E-state index in [4.69, 9.17) is 5.11 Å². The van der Waals surface area contributed by atoms with Crippen molar-refractivity contribution in [3.05, 3.63) is 29.6 Å². The number of hydrogen-bond donors (Lipinski definition) is 2. The van der Waals surface area contributed by atoms with Crippen molar-refractivity contribution in [1.82, 2.24) is 4.90 Å². The average Bonchev–Trinajstić information content (AvgIpc) is 2.87. The summed E-state index contributed by atoms with van der Waals surface area (Å²) >= 11 is 0. The SMILES string of the molecule is CCCC1CCN(C(=O)Nc2cccc(F)c2C(=O)O)C1. The number of carbonyl (C=O) groups excluding carboxylic acids is 1. The van der Waals surface area contributed by atoms with E-state index in [0.29, 0.717) is 19.0 Å². The minimum atomic E-state index is -1.39. The highest BCUT2D eigenvalue weighted by Gasteiger charge is 2.26. The molecule has 114 valence electrons. The molecule has 0 saturated carbocycles. The zero-order valence-electron chi connectivity index (χ0n) is 11.9. The predicted octanol–water partition coefficient (Wildman–Crippen LogP) is 3.18. The summed E-state index contributed by atoms with van der Waals surface area (Å²) in [7, 11) is 0. The first-order valence-corrected chi connectivity index (χ1v) is 7.10. The molecule has 5 nitrogen and oxygen atoms in total. The number of benzene rings is 1. The van der Waals surface area contributed by atoms with Crippen LogP contribution in [0, 0.1) is 11.7 Å². The number of amides is 2. The molecule has 2 amide bonds. The molecule has 1 aromatic carbocycles. The van der Waals surface area contributed by atoms with Gasteiger partial charge in [-0.3, -0.25) is 0 Å². The van der Waals surface area contributed by atoms with Gasteiger partial charge in [0.15, 0.2) is 0 Å². The van der Waals surface area contributed by atoms with Crippen LogP contribution in [0.2, 0.25) is 0 Å². The van der Waals surface area contributed by atoms with E-state index in [1.165, 1.54) is 12.1 Å². The molecule has 1 aromatic rings. The van der Waals surface area contributed by atoms with Crippen LogP contribution in [0.5, 0.6) is 0 Å². The Kier molecular flexibility index (Phi) is 4.77. The van der Waals surface area contributed by atoms with Crippen molar-refractivity contribution in [3.63, 3.8) is 0 Å². The lowest BCUT2D eigenvalue weighted by atomic mass is 10.0. The summed E-state index contributed by atoms with van der Waals surface area (Å²) in [6.45, 7) is 3.42. The predicted molar refractivity (Wildman–Crippen MR) is 77.0 cm³/mol. The van der Waals surface area contributed by atoms with Gasteiger partial charge >= 0.3 is 12.0 Å². The highest BCUT2D eigenvalue weighted by Crippen LogP contribution is 2.23. The second-order valence-corrected chi connectivity index (χ2v) is 5.29. The van der Waals surface area contributed by atoms with Gasteiger partial charge in [0.2, 0.25) is 0 Å². The lowest BCUT2D eigenvalue weighted by molar-refractivity contribution is 0.0693. The third-order valence-corrected chi connectivity index (χ3v) is 3.74. The van der Waals surface area contributed by atoms with E-state index >= 15 is 0 Å². The van der Waals surface area contributed by atoms with Crippen LogP contribution >= 0.6 is 0 Å². The third-order valence-electron chi connectivity index (χ3n) is 3.74. The van der Waals surface area contributed by atoms with Crippen LogP contribution in [0.4, 0.5) is 14.9 Å². The van der Waals surface area contributed by atoms with Crippen molar-refractivity contribution in [2.24, 2.45) is 5.92 Å². The molecule has 1 saturated heterocycles. The molecular formula is C15H19FN2O3. The number of rotatable bonds is 4. The van der Waals surface area contributed by atoms with Crippen LogP contribution in [-0.4, -0.2) is 35.1 Å². The molecule has 1 atom stereocenters. The standard InChI is InChI=1S/C15H19FN2O3/c1-2-4-10-7-8-18(9-10)15(21)17-12-6-3-5-11(16)13(12)14(19)20/h3,5-6,10H,2,4,7-9H2,1H3,(H,17,21)(H,19,20). The van der Waals surface area contributed by atoms with Crippen molar-refractivity contribution in [2.75, 3.05) is 18.4 Å². The number of likely N-dealkylation sites (tertiary alicyclic amines) is 1. The highest BCUT2D eigenvalue weighted by molar-refractivity contribution is 6.00. The Morgan fingerprint density at radius 1 is 1.48 bits per heavy atom. The summed E-state index contributed by atoms with van der Waals surface area (Å²) in [5.74, 6) is -1.76. The van der Waals surface area contributed by atoms with Crippen molar-refractivity contribution in [2.45, 2.75) is 26.2 Å². The highest BCUT2D eigenvalue weighted by atomic mass is 19.1. The number of anilines is 1. The van der Waals surface area contributed by atoms with Gasteiger partial charge in [-0.2, -0.15) is 0 Å². The van der Waals surface area contributed by atoms with Gasteiger partial charge in [-0.05, 0) is 30.9 Å². The fourth-order valence-corrected chi connectivity index (χ4v) is 2.70. The minimum absolute atomic E-state index is 0.00792. The molecule has 1 heterocycles. The second-order valence-electron chi connectivity index (χ2n) is 5.29. The van der Waals surface area contributed by atoms with Crippen LogP contribution in [0.1, 0.15) is 36.5 Å². The van der Waals surface area contributed by atoms with Crippen molar-refractivity contribution >= 4 is 17.7 Å². The Morgan fingerprint density at radius 2 is 2.24 bits per heavy atom. The normalized spacial score (nSPS) is 17.8. The van der Waals surface area contributed by atoms with E-state index in [1.54, 1.807) is 4.90 Å². The zero-order chi connectivity index (χ0) is 15.4. The van der Waals surface area contributed by atoms with E-state index in [2.05, 4.69) is 12.2 Å². The number of nitrogens with zero attached hydrogens (tertiary/aromatic N) is 1. The van der Waals surface area contributed by atoms with E-state index in [1.807, 2.05) is 0 Å².